The lowest BCUT2D eigenvalue weighted by molar-refractivity contribution is -0.0107. The second-order valence-corrected chi connectivity index (χ2v) is 4.34. The lowest BCUT2D eigenvalue weighted by Gasteiger charge is -2.30. The van der Waals surface area contributed by atoms with E-state index in [2.05, 4.69) is 0 Å². The van der Waals surface area contributed by atoms with Gasteiger partial charge in [0.2, 0.25) is 0 Å². The van der Waals surface area contributed by atoms with Gasteiger partial charge in [-0.15, -0.1) is 0 Å². The van der Waals surface area contributed by atoms with Crippen molar-refractivity contribution in [2.24, 2.45) is 5.92 Å². The van der Waals surface area contributed by atoms with Gasteiger partial charge in [0.25, 0.3) is 0 Å². The third kappa shape index (κ3) is 3.03. The maximum atomic E-state index is 12.8. The molecule has 2 atom stereocenters. The molecule has 90 valence electrons. The van der Waals surface area contributed by atoms with E-state index in [1.165, 1.54) is 12.1 Å². The highest BCUT2D eigenvalue weighted by atomic mass is 19.1. The molecule has 1 aromatic rings. The summed E-state index contributed by atoms with van der Waals surface area (Å²) < 4.78 is 17.8. The van der Waals surface area contributed by atoms with Crippen LogP contribution in [0.5, 0.6) is 0 Å². The zero-order valence-electron chi connectivity index (χ0n) is 10.0. The monoisotopic (exact) mass is 226 g/mol. The molecular formula is C13H19FO2. The van der Waals surface area contributed by atoms with Crippen LogP contribution < -0.4 is 0 Å². The third-order valence-corrected chi connectivity index (χ3v) is 3.14. The first kappa shape index (κ1) is 13.1. The van der Waals surface area contributed by atoms with Gasteiger partial charge in [0.05, 0.1) is 5.60 Å². The predicted molar refractivity (Wildman–Crippen MR) is 61.6 cm³/mol. The van der Waals surface area contributed by atoms with Crippen molar-refractivity contribution in [2.75, 3.05) is 13.7 Å². The Bertz CT molecular complexity index is 319. The molecule has 0 aliphatic rings. The Morgan fingerprint density at radius 2 is 1.94 bits per heavy atom. The minimum Gasteiger partial charge on any atom is -0.385 e. The summed E-state index contributed by atoms with van der Waals surface area (Å²) in [6.45, 7) is 4.32. The molecule has 0 radical (unpaired) electrons. The van der Waals surface area contributed by atoms with Crippen molar-refractivity contribution < 1.29 is 14.2 Å². The van der Waals surface area contributed by atoms with Gasteiger partial charge in [-0.2, -0.15) is 0 Å². The van der Waals surface area contributed by atoms with Gasteiger partial charge < -0.3 is 9.84 Å². The van der Waals surface area contributed by atoms with Crippen molar-refractivity contribution in [3.8, 4) is 0 Å². The predicted octanol–water partition coefficient (Wildman–Crippen LogP) is 2.71. The molecule has 0 aromatic heterocycles. The van der Waals surface area contributed by atoms with Crippen LogP contribution in [-0.2, 0) is 10.3 Å². The molecule has 0 spiro atoms. The molecular weight excluding hydrogens is 207 g/mol. The number of methoxy groups -OCH3 is 1. The second kappa shape index (κ2) is 5.41. The van der Waals surface area contributed by atoms with Gasteiger partial charge in [0.15, 0.2) is 0 Å². The molecule has 0 aliphatic heterocycles. The number of benzene rings is 1. The van der Waals surface area contributed by atoms with Crippen molar-refractivity contribution >= 4 is 0 Å². The summed E-state index contributed by atoms with van der Waals surface area (Å²) in [6.07, 6.45) is 0.765. The Kier molecular flexibility index (Phi) is 4.44. The molecule has 2 nitrogen and oxygen atoms in total. The SMILES string of the molecule is COCCC(C)C(C)(O)c1ccc(F)cc1. The van der Waals surface area contributed by atoms with Gasteiger partial charge in [-0.3, -0.25) is 0 Å². The number of aliphatic hydroxyl groups is 1. The largest absolute Gasteiger partial charge is 0.385 e. The average Bonchev–Trinajstić information content (AvgIpc) is 2.26. The zero-order chi connectivity index (χ0) is 12.2. The highest BCUT2D eigenvalue weighted by Crippen LogP contribution is 2.31. The van der Waals surface area contributed by atoms with E-state index < -0.39 is 5.60 Å². The molecule has 0 fully saturated rings. The molecule has 0 saturated heterocycles. The molecule has 1 rings (SSSR count). The van der Waals surface area contributed by atoms with Crippen LogP contribution in [0.2, 0.25) is 0 Å². The molecule has 2 unspecified atom stereocenters. The summed E-state index contributed by atoms with van der Waals surface area (Å²) in [4.78, 5) is 0. The van der Waals surface area contributed by atoms with Crippen molar-refractivity contribution in [3.05, 3.63) is 35.6 Å². The van der Waals surface area contributed by atoms with Crippen LogP contribution in [-0.4, -0.2) is 18.8 Å². The first-order chi connectivity index (χ1) is 7.48. The van der Waals surface area contributed by atoms with Crippen LogP contribution in [0.4, 0.5) is 4.39 Å². The minimum atomic E-state index is -0.952. The van der Waals surface area contributed by atoms with Crippen LogP contribution in [0.1, 0.15) is 25.8 Å². The fraction of sp³-hybridized carbons (Fsp3) is 0.538. The summed E-state index contributed by atoms with van der Waals surface area (Å²) in [5.74, 6) is -0.234. The molecule has 3 heteroatoms. The van der Waals surface area contributed by atoms with Crippen LogP contribution >= 0.6 is 0 Å². The number of ether oxygens (including phenoxy) is 1. The third-order valence-electron chi connectivity index (χ3n) is 3.14. The quantitative estimate of drug-likeness (QED) is 0.836. The summed E-state index contributed by atoms with van der Waals surface area (Å²) in [5, 5.41) is 10.4. The van der Waals surface area contributed by atoms with Gasteiger partial charge >= 0.3 is 0 Å². The van der Waals surface area contributed by atoms with E-state index >= 15 is 0 Å². The zero-order valence-corrected chi connectivity index (χ0v) is 10.0. The normalized spacial score (nSPS) is 16.8. The van der Waals surface area contributed by atoms with E-state index in [1.54, 1.807) is 26.2 Å². The lowest BCUT2D eigenvalue weighted by atomic mass is 9.82. The number of hydrogen-bond donors (Lipinski definition) is 1. The van der Waals surface area contributed by atoms with E-state index in [-0.39, 0.29) is 11.7 Å². The molecule has 16 heavy (non-hydrogen) atoms. The second-order valence-electron chi connectivity index (χ2n) is 4.34. The summed E-state index contributed by atoms with van der Waals surface area (Å²) in [5.41, 5.74) is -0.218. The van der Waals surface area contributed by atoms with Gasteiger partial charge in [-0.05, 0) is 37.0 Å². The van der Waals surface area contributed by atoms with E-state index in [0.29, 0.717) is 6.61 Å². The molecule has 0 saturated carbocycles. The maximum absolute atomic E-state index is 12.8. The number of rotatable bonds is 5. The summed E-state index contributed by atoms with van der Waals surface area (Å²) in [7, 11) is 1.64. The number of hydrogen-bond acceptors (Lipinski definition) is 2. The Morgan fingerprint density at radius 1 is 1.38 bits per heavy atom. The first-order valence-corrected chi connectivity index (χ1v) is 5.46. The van der Waals surface area contributed by atoms with Crippen molar-refractivity contribution in [2.45, 2.75) is 25.9 Å². The highest BCUT2D eigenvalue weighted by molar-refractivity contribution is 5.22. The van der Waals surface area contributed by atoms with Crippen LogP contribution in [0.3, 0.4) is 0 Å². The van der Waals surface area contributed by atoms with Gasteiger partial charge in [-0.25, -0.2) is 4.39 Å². The molecule has 0 amide bonds. The highest BCUT2D eigenvalue weighted by Gasteiger charge is 2.29. The van der Waals surface area contributed by atoms with Gasteiger partial charge in [-0.1, -0.05) is 19.1 Å². The van der Waals surface area contributed by atoms with Crippen LogP contribution in [0.25, 0.3) is 0 Å². The Hall–Kier alpha value is -0.930. The minimum absolute atomic E-state index is 0.0536. The fourth-order valence-electron chi connectivity index (χ4n) is 1.65. The van der Waals surface area contributed by atoms with Gasteiger partial charge in [0.1, 0.15) is 5.82 Å². The van der Waals surface area contributed by atoms with Crippen LogP contribution in [0.15, 0.2) is 24.3 Å². The molecule has 0 bridgehead atoms. The summed E-state index contributed by atoms with van der Waals surface area (Å²) in [6, 6.07) is 5.98. The smallest absolute Gasteiger partial charge is 0.123 e. The fourth-order valence-corrected chi connectivity index (χ4v) is 1.65. The van der Waals surface area contributed by atoms with E-state index in [4.69, 9.17) is 4.74 Å². The molecule has 0 heterocycles. The van der Waals surface area contributed by atoms with Crippen molar-refractivity contribution in [3.63, 3.8) is 0 Å². The van der Waals surface area contributed by atoms with E-state index in [0.717, 1.165) is 12.0 Å². The topological polar surface area (TPSA) is 29.5 Å². The number of halogens is 1. The summed E-state index contributed by atoms with van der Waals surface area (Å²) >= 11 is 0. The molecule has 0 aliphatic carbocycles. The Labute approximate surface area is 96.1 Å². The van der Waals surface area contributed by atoms with Crippen molar-refractivity contribution in [1.29, 1.82) is 0 Å². The first-order valence-electron chi connectivity index (χ1n) is 5.46. The Balaban J connectivity index is 2.79. The van der Waals surface area contributed by atoms with Gasteiger partial charge in [0, 0.05) is 13.7 Å². The van der Waals surface area contributed by atoms with Crippen LogP contribution in [0, 0.1) is 11.7 Å². The van der Waals surface area contributed by atoms with Crippen molar-refractivity contribution in [1.82, 2.24) is 0 Å². The Morgan fingerprint density at radius 3 is 2.44 bits per heavy atom. The maximum Gasteiger partial charge on any atom is 0.123 e. The average molecular weight is 226 g/mol. The molecule has 1 N–H and O–H groups in total. The van der Waals surface area contributed by atoms with E-state index in [9.17, 15) is 9.50 Å². The van der Waals surface area contributed by atoms with E-state index in [1.807, 2.05) is 6.92 Å². The standard InChI is InChI=1S/C13H19FO2/c1-10(8-9-16-3)13(2,15)11-4-6-12(14)7-5-11/h4-7,10,15H,8-9H2,1-3H3. The molecule has 1 aromatic carbocycles. The lowest BCUT2D eigenvalue weighted by Crippen LogP contribution is -2.30.